The molecule has 0 unspecified atom stereocenters. The van der Waals surface area contributed by atoms with Crippen LogP contribution in [0.2, 0.25) is 0 Å². The van der Waals surface area contributed by atoms with E-state index in [0.29, 0.717) is 10.0 Å². The highest BCUT2D eigenvalue weighted by atomic mass is 79.9. The standard InChI is InChI=1S/C10H11BrO3/c1-6(12)9(13)10(14)7-4-2-3-5-8(7)11/h2-5,9-10,13-14H,1H3/t9-,10+/m0/s1. The molecule has 0 fully saturated rings. The van der Waals surface area contributed by atoms with E-state index in [1.54, 1.807) is 24.3 Å². The minimum Gasteiger partial charge on any atom is -0.385 e. The van der Waals surface area contributed by atoms with E-state index in [2.05, 4.69) is 15.9 Å². The predicted molar refractivity (Wildman–Crippen MR) is 55.8 cm³/mol. The topological polar surface area (TPSA) is 57.5 Å². The van der Waals surface area contributed by atoms with Gasteiger partial charge in [-0.15, -0.1) is 0 Å². The van der Waals surface area contributed by atoms with Gasteiger partial charge in [0.05, 0.1) is 0 Å². The number of benzene rings is 1. The van der Waals surface area contributed by atoms with Crippen LogP contribution in [-0.4, -0.2) is 22.1 Å². The zero-order valence-electron chi connectivity index (χ0n) is 7.64. The number of hydrogen-bond donors (Lipinski definition) is 2. The first kappa shape index (κ1) is 11.4. The molecule has 2 N–H and O–H groups in total. The van der Waals surface area contributed by atoms with Crippen molar-refractivity contribution in [3.63, 3.8) is 0 Å². The minimum atomic E-state index is -1.37. The van der Waals surface area contributed by atoms with Crippen LogP contribution in [0.3, 0.4) is 0 Å². The number of carbonyl (C=O) groups excluding carboxylic acids is 1. The fourth-order valence-corrected chi connectivity index (χ4v) is 1.63. The molecule has 0 saturated carbocycles. The predicted octanol–water partition coefficient (Wildman–Crippen LogP) is 1.43. The summed E-state index contributed by atoms with van der Waals surface area (Å²) in [6.45, 7) is 1.24. The number of aliphatic hydroxyl groups excluding tert-OH is 2. The molecule has 0 aliphatic rings. The summed E-state index contributed by atoms with van der Waals surface area (Å²) in [7, 11) is 0. The van der Waals surface area contributed by atoms with Gasteiger partial charge in [-0.1, -0.05) is 34.1 Å². The number of carbonyl (C=O) groups is 1. The monoisotopic (exact) mass is 258 g/mol. The van der Waals surface area contributed by atoms with Gasteiger partial charge in [0, 0.05) is 4.47 Å². The Morgan fingerprint density at radius 1 is 1.36 bits per heavy atom. The molecule has 3 nitrogen and oxygen atoms in total. The third kappa shape index (κ3) is 2.41. The first-order valence-electron chi connectivity index (χ1n) is 4.15. The Balaban J connectivity index is 2.94. The molecule has 0 aromatic heterocycles. The Kier molecular flexibility index (Phi) is 3.80. The van der Waals surface area contributed by atoms with Crippen molar-refractivity contribution in [2.75, 3.05) is 0 Å². The van der Waals surface area contributed by atoms with Gasteiger partial charge in [0.1, 0.15) is 12.2 Å². The molecule has 14 heavy (non-hydrogen) atoms. The van der Waals surface area contributed by atoms with E-state index in [9.17, 15) is 15.0 Å². The molecule has 0 saturated heterocycles. The number of ketones is 1. The maximum atomic E-state index is 10.8. The second kappa shape index (κ2) is 4.68. The van der Waals surface area contributed by atoms with Gasteiger partial charge in [0.2, 0.25) is 0 Å². The summed E-state index contributed by atoms with van der Waals surface area (Å²) in [5.74, 6) is -0.451. The van der Waals surface area contributed by atoms with E-state index < -0.39 is 18.0 Å². The molecular weight excluding hydrogens is 248 g/mol. The number of aliphatic hydroxyl groups is 2. The lowest BCUT2D eigenvalue weighted by Gasteiger charge is -2.16. The lowest BCUT2D eigenvalue weighted by atomic mass is 10.0. The summed E-state index contributed by atoms with van der Waals surface area (Å²) in [6.07, 6.45) is -2.54. The van der Waals surface area contributed by atoms with Gasteiger partial charge < -0.3 is 10.2 Å². The van der Waals surface area contributed by atoms with Gasteiger partial charge >= 0.3 is 0 Å². The van der Waals surface area contributed by atoms with Crippen molar-refractivity contribution in [1.82, 2.24) is 0 Å². The molecule has 0 heterocycles. The molecule has 2 atom stereocenters. The van der Waals surface area contributed by atoms with Crippen molar-refractivity contribution in [2.24, 2.45) is 0 Å². The molecule has 1 aromatic rings. The van der Waals surface area contributed by atoms with Crippen molar-refractivity contribution in [3.05, 3.63) is 34.3 Å². The highest BCUT2D eigenvalue weighted by Crippen LogP contribution is 2.25. The molecule has 0 radical (unpaired) electrons. The number of hydrogen-bond acceptors (Lipinski definition) is 3. The van der Waals surface area contributed by atoms with Crippen molar-refractivity contribution < 1.29 is 15.0 Å². The van der Waals surface area contributed by atoms with Crippen LogP contribution >= 0.6 is 15.9 Å². The maximum absolute atomic E-state index is 10.8. The molecule has 0 aliphatic heterocycles. The van der Waals surface area contributed by atoms with Crippen molar-refractivity contribution in [1.29, 1.82) is 0 Å². The SMILES string of the molecule is CC(=O)[C@H](O)[C@H](O)c1ccccc1Br. The highest BCUT2D eigenvalue weighted by molar-refractivity contribution is 9.10. The van der Waals surface area contributed by atoms with Crippen LogP contribution in [0.15, 0.2) is 28.7 Å². The average molecular weight is 259 g/mol. The Morgan fingerprint density at radius 2 is 1.93 bits per heavy atom. The fraction of sp³-hybridized carbons (Fsp3) is 0.300. The van der Waals surface area contributed by atoms with Gasteiger partial charge in [0.25, 0.3) is 0 Å². The van der Waals surface area contributed by atoms with Crippen LogP contribution < -0.4 is 0 Å². The van der Waals surface area contributed by atoms with E-state index >= 15 is 0 Å². The van der Waals surface area contributed by atoms with Gasteiger partial charge in [-0.25, -0.2) is 0 Å². The second-order valence-corrected chi connectivity index (χ2v) is 3.88. The van der Waals surface area contributed by atoms with Crippen LogP contribution in [0.4, 0.5) is 0 Å². The van der Waals surface area contributed by atoms with Crippen molar-refractivity contribution in [2.45, 2.75) is 19.1 Å². The second-order valence-electron chi connectivity index (χ2n) is 3.02. The van der Waals surface area contributed by atoms with Gasteiger partial charge in [-0.05, 0) is 18.6 Å². The van der Waals surface area contributed by atoms with Crippen LogP contribution in [0.25, 0.3) is 0 Å². The summed E-state index contributed by atoms with van der Waals surface area (Å²) < 4.78 is 0.674. The van der Waals surface area contributed by atoms with E-state index in [4.69, 9.17) is 0 Å². The molecule has 0 amide bonds. The van der Waals surface area contributed by atoms with Crippen LogP contribution in [0.1, 0.15) is 18.6 Å². The zero-order chi connectivity index (χ0) is 10.7. The number of halogens is 1. The summed E-state index contributed by atoms with van der Waals surface area (Å²) >= 11 is 3.23. The molecular formula is C10H11BrO3. The van der Waals surface area contributed by atoms with E-state index in [1.807, 2.05) is 0 Å². The molecule has 1 rings (SSSR count). The molecule has 0 bridgehead atoms. The third-order valence-corrected chi connectivity index (χ3v) is 2.66. The summed E-state index contributed by atoms with van der Waals surface area (Å²) in [4.78, 5) is 10.8. The maximum Gasteiger partial charge on any atom is 0.161 e. The lowest BCUT2D eigenvalue weighted by molar-refractivity contribution is -0.130. The normalized spacial score (nSPS) is 14.9. The van der Waals surface area contributed by atoms with Gasteiger partial charge in [-0.2, -0.15) is 0 Å². The van der Waals surface area contributed by atoms with Crippen LogP contribution in [-0.2, 0) is 4.79 Å². The molecule has 4 heteroatoms. The number of Topliss-reactive ketones (excluding diaryl/α,β-unsaturated/α-hetero) is 1. The molecule has 76 valence electrons. The van der Waals surface area contributed by atoms with Crippen LogP contribution in [0, 0.1) is 0 Å². The summed E-state index contributed by atoms with van der Waals surface area (Å²) in [5.41, 5.74) is 0.509. The van der Waals surface area contributed by atoms with E-state index in [-0.39, 0.29) is 0 Å². The quantitative estimate of drug-likeness (QED) is 0.863. The van der Waals surface area contributed by atoms with E-state index in [0.717, 1.165) is 0 Å². The molecule has 0 spiro atoms. The average Bonchev–Trinajstić information content (AvgIpc) is 2.16. The first-order valence-corrected chi connectivity index (χ1v) is 4.94. The van der Waals surface area contributed by atoms with Crippen molar-refractivity contribution in [3.8, 4) is 0 Å². The smallest absolute Gasteiger partial charge is 0.161 e. The Labute approximate surface area is 90.5 Å². The molecule has 0 aliphatic carbocycles. The Bertz CT molecular complexity index is 338. The minimum absolute atomic E-state index is 0.451. The zero-order valence-corrected chi connectivity index (χ0v) is 9.23. The number of rotatable bonds is 3. The van der Waals surface area contributed by atoms with E-state index in [1.165, 1.54) is 6.92 Å². The summed E-state index contributed by atoms with van der Waals surface area (Å²) in [5, 5.41) is 19.0. The molecule has 1 aromatic carbocycles. The first-order chi connectivity index (χ1) is 6.54. The van der Waals surface area contributed by atoms with Crippen molar-refractivity contribution >= 4 is 21.7 Å². The van der Waals surface area contributed by atoms with Gasteiger partial charge in [0.15, 0.2) is 5.78 Å². The lowest BCUT2D eigenvalue weighted by Crippen LogP contribution is -2.25. The Morgan fingerprint density at radius 3 is 2.43 bits per heavy atom. The highest BCUT2D eigenvalue weighted by Gasteiger charge is 2.23. The Hall–Kier alpha value is -0.710. The van der Waals surface area contributed by atoms with Crippen LogP contribution in [0.5, 0.6) is 0 Å². The van der Waals surface area contributed by atoms with Gasteiger partial charge in [-0.3, -0.25) is 4.79 Å². The largest absolute Gasteiger partial charge is 0.385 e. The third-order valence-electron chi connectivity index (χ3n) is 1.94. The fourth-order valence-electron chi connectivity index (χ4n) is 1.11. The summed E-state index contributed by atoms with van der Waals surface area (Å²) in [6, 6.07) is 6.92.